The van der Waals surface area contributed by atoms with Crippen molar-refractivity contribution in [1.29, 1.82) is 0 Å². The van der Waals surface area contributed by atoms with Gasteiger partial charge in [-0.3, -0.25) is 14.4 Å². The van der Waals surface area contributed by atoms with Gasteiger partial charge in [-0.05, 0) is 28.1 Å². The van der Waals surface area contributed by atoms with Gasteiger partial charge in [-0.25, -0.2) is 0 Å². The van der Waals surface area contributed by atoms with Crippen LogP contribution in [0.4, 0.5) is 0 Å². The lowest BCUT2D eigenvalue weighted by atomic mass is 10.4. The van der Waals surface area contributed by atoms with Gasteiger partial charge in [0.25, 0.3) is 5.91 Å². The number of terminal acetylenes is 1. The van der Waals surface area contributed by atoms with Gasteiger partial charge in [-0.1, -0.05) is 5.92 Å². The molecular formula is C13H14BrN3O3S. The van der Waals surface area contributed by atoms with Crippen LogP contribution in [0.15, 0.2) is 15.9 Å². The number of nitrogens with one attached hydrogen (secondary N) is 3. The van der Waals surface area contributed by atoms with E-state index in [1.807, 2.05) is 0 Å². The maximum Gasteiger partial charge on any atom is 0.261 e. The molecule has 1 aromatic heterocycles. The molecule has 0 spiro atoms. The fourth-order valence-electron chi connectivity index (χ4n) is 1.30. The van der Waals surface area contributed by atoms with Gasteiger partial charge < -0.3 is 16.0 Å². The van der Waals surface area contributed by atoms with Crippen molar-refractivity contribution in [3.05, 3.63) is 20.8 Å². The summed E-state index contributed by atoms with van der Waals surface area (Å²) < 4.78 is 0.843. The monoisotopic (exact) mass is 371 g/mol. The number of hydrogen-bond acceptors (Lipinski definition) is 4. The van der Waals surface area contributed by atoms with Crippen molar-refractivity contribution in [2.45, 2.75) is 6.42 Å². The molecule has 6 nitrogen and oxygen atoms in total. The van der Waals surface area contributed by atoms with Gasteiger partial charge in [0.15, 0.2) is 0 Å². The molecule has 0 bridgehead atoms. The Bertz CT molecular complexity index is 565. The summed E-state index contributed by atoms with van der Waals surface area (Å²) in [4.78, 5) is 34.9. The van der Waals surface area contributed by atoms with Gasteiger partial charge in [0.1, 0.15) is 0 Å². The van der Waals surface area contributed by atoms with E-state index >= 15 is 0 Å². The van der Waals surface area contributed by atoms with Crippen molar-refractivity contribution in [1.82, 2.24) is 16.0 Å². The van der Waals surface area contributed by atoms with E-state index in [1.165, 1.54) is 11.3 Å². The Hall–Kier alpha value is -1.85. The fraction of sp³-hybridized carbons (Fsp3) is 0.308. The molecule has 0 unspecified atom stereocenters. The lowest BCUT2D eigenvalue weighted by Crippen LogP contribution is -2.38. The van der Waals surface area contributed by atoms with Crippen LogP contribution in [0.5, 0.6) is 0 Å². The first-order valence-electron chi connectivity index (χ1n) is 6.03. The Morgan fingerprint density at radius 3 is 2.57 bits per heavy atom. The zero-order chi connectivity index (χ0) is 15.7. The smallest absolute Gasteiger partial charge is 0.261 e. The second kappa shape index (κ2) is 9.15. The van der Waals surface area contributed by atoms with Gasteiger partial charge in [0.2, 0.25) is 11.8 Å². The molecule has 0 aliphatic rings. The van der Waals surface area contributed by atoms with Crippen LogP contribution in [0.25, 0.3) is 0 Å². The molecule has 0 saturated carbocycles. The van der Waals surface area contributed by atoms with Crippen LogP contribution in [-0.2, 0) is 9.59 Å². The van der Waals surface area contributed by atoms with Crippen molar-refractivity contribution in [2.75, 3.05) is 19.6 Å². The third-order valence-electron chi connectivity index (χ3n) is 2.27. The summed E-state index contributed by atoms with van der Waals surface area (Å²) in [6.07, 6.45) is 5.13. The van der Waals surface area contributed by atoms with E-state index in [0.717, 1.165) is 3.79 Å². The lowest BCUT2D eigenvalue weighted by molar-refractivity contribution is -0.121. The summed E-state index contributed by atoms with van der Waals surface area (Å²) in [5.74, 6) is 1.37. The number of rotatable bonds is 7. The van der Waals surface area contributed by atoms with Crippen LogP contribution in [0.3, 0.4) is 0 Å². The van der Waals surface area contributed by atoms with Crippen LogP contribution in [0.2, 0.25) is 0 Å². The molecule has 0 radical (unpaired) electrons. The third-order valence-corrected chi connectivity index (χ3v) is 3.89. The molecule has 0 aliphatic carbocycles. The summed E-state index contributed by atoms with van der Waals surface area (Å²) in [6, 6.07) is 3.42. The van der Waals surface area contributed by atoms with Crippen molar-refractivity contribution < 1.29 is 14.4 Å². The van der Waals surface area contributed by atoms with Crippen molar-refractivity contribution in [2.24, 2.45) is 0 Å². The minimum atomic E-state index is -0.358. The molecule has 21 heavy (non-hydrogen) atoms. The number of thiophene rings is 1. The number of halogens is 1. The molecule has 1 heterocycles. The minimum Gasteiger partial charge on any atom is -0.354 e. The highest BCUT2D eigenvalue weighted by Gasteiger charge is 2.10. The predicted molar refractivity (Wildman–Crippen MR) is 83.8 cm³/mol. The molecule has 0 aromatic carbocycles. The van der Waals surface area contributed by atoms with E-state index in [1.54, 1.807) is 12.1 Å². The molecule has 0 aliphatic heterocycles. The van der Waals surface area contributed by atoms with Gasteiger partial charge in [-0.15, -0.1) is 17.8 Å². The van der Waals surface area contributed by atoms with Crippen LogP contribution in [0, 0.1) is 12.3 Å². The van der Waals surface area contributed by atoms with Crippen LogP contribution in [0.1, 0.15) is 16.1 Å². The summed E-state index contributed by atoms with van der Waals surface area (Å²) in [5.41, 5.74) is 0. The SMILES string of the molecule is C#CCNC(=O)CCNC(=O)CNC(=O)c1ccc(Br)s1. The van der Waals surface area contributed by atoms with Crippen molar-refractivity contribution >= 4 is 45.0 Å². The second-order valence-electron chi connectivity index (χ2n) is 3.87. The molecule has 0 atom stereocenters. The van der Waals surface area contributed by atoms with E-state index in [4.69, 9.17) is 6.42 Å². The zero-order valence-electron chi connectivity index (χ0n) is 11.1. The molecule has 8 heteroatoms. The Morgan fingerprint density at radius 2 is 1.95 bits per heavy atom. The quantitative estimate of drug-likeness (QED) is 0.609. The summed E-state index contributed by atoms with van der Waals surface area (Å²) >= 11 is 4.54. The van der Waals surface area contributed by atoms with Crippen molar-refractivity contribution in [3.63, 3.8) is 0 Å². The highest BCUT2D eigenvalue weighted by Crippen LogP contribution is 2.21. The Labute approximate surface area is 134 Å². The zero-order valence-corrected chi connectivity index (χ0v) is 13.5. The Balaban J connectivity index is 2.18. The molecule has 0 fully saturated rings. The van der Waals surface area contributed by atoms with Crippen LogP contribution < -0.4 is 16.0 Å². The largest absolute Gasteiger partial charge is 0.354 e. The topological polar surface area (TPSA) is 87.3 Å². The average molecular weight is 372 g/mol. The van der Waals surface area contributed by atoms with Gasteiger partial charge in [-0.2, -0.15) is 0 Å². The number of carbonyl (C=O) groups is 3. The van der Waals surface area contributed by atoms with Crippen LogP contribution >= 0.6 is 27.3 Å². The third kappa shape index (κ3) is 6.92. The lowest BCUT2D eigenvalue weighted by Gasteiger charge is -2.06. The maximum atomic E-state index is 11.7. The number of amides is 3. The van der Waals surface area contributed by atoms with E-state index in [2.05, 4.69) is 37.8 Å². The molecule has 112 valence electrons. The van der Waals surface area contributed by atoms with Crippen LogP contribution in [-0.4, -0.2) is 37.4 Å². The Kier molecular flexibility index (Phi) is 7.50. The molecule has 3 amide bonds. The summed E-state index contributed by atoms with van der Waals surface area (Å²) in [6.45, 7) is 0.217. The first-order valence-corrected chi connectivity index (χ1v) is 7.64. The highest BCUT2D eigenvalue weighted by molar-refractivity contribution is 9.11. The predicted octanol–water partition coefficient (Wildman–Crippen LogP) is 0.496. The first-order chi connectivity index (χ1) is 10.0. The highest BCUT2D eigenvalue weighted by atomic mass is 79.9. The van der Waals surface area contributed by atoms with Gasteiger partial charge >= 0.3 is 0 Å². The summed E-state index contributed by atoms with van der Waals surface area (Å²) in [5, 5.41) is 7.51. The van der Waals surface area contributed by atoms with E-state index in [-0.39, 0.29) is 43.8 Å². The molecular weight excluding hydrogens is 358 g/mol. The average Bonchev–Trinajstić information content (AvgIpc) is 2.89. The molecule has 1 rings (SSSR count). The minimum absolute atomic E-state index is 0.138. The van der Waals surface area contributed by atoms with E-state index < -0.39 is 0 Å². The van der Waals surface area contributed by atoms with Gasteiger partial charge in [0.05, 0.1) is 21.8 Å². The normalized spacial score (nSPS) is 9.52. The Morgan fingerprint density at radius 1 is 1.19 bits per heavy atom. The molecule has 1 aromatic rings. The van der Waals surface area contributed by atoms with Gasteiger partial charge in [0, 0.05) is 13.0 Å². The van der Waals surface area contributed by atoms with Crippen molar-refractivity contribution in [3.8, 4) is 12.3 Å². The molecule has 3 N–H and O–H groups in total. The maximum absolute atomic E-state index is 11.7. The van der Waals surface area contributed by atoms with E-state index in [9.17, 15) is 14.4 Å². The number of carbonyl (C=O) groups excluding carboxylic acids is 3. The second-order valence-corrected chi connectivity index (χ2v) is 6.33. The first kappa shape index (κ1) is 17.2. The molecule has 0 saturated heterocycles. The number of hydrogen-bond donors (Lipinski definition) is 3. The van der Waals surface area contributed by atoms with E-state index in [0.29, 0.717) is 4.88 Å². The fourth-order valence-corrected chi connectivity index (χ4v) is 2.60. The summed E-state index contributed by atoms with van der Waals surface area (Å²) in [7, 11) is 0. The standard InChI is InChI=1S/C13H14BrN3O3S/c1-2-6-15-11(18)5-7-16-12(19)8-17-13(20)9-3-4-10(14)21-9/h1,3-4H,5-8H2,(H,15,18)(H,16,19)(H,17,20).